The highest BCUT2D eigenvalue weighted by Gasteiger charge is 2.31. The van der Waals surface area contributed by atoms with E-state index in [2.05, 4.69) is 20.0 Å². The smallest absolute Gasteiger partial charge is 0.286 e. The van der Waals surface area contributed by atoms with Gasteiger partial charge in [0.05, 0.1) is 25.2 Å². The minimum Gasteiger partial charge on any atom is -0.493 e. The third-order valence-corrected chi connectivity index (χ3v) is 6.19. The Morgan fingerprint density at radius 2 is 1.83 bits per heavy atom. The molecule has 1 aliphatic carbocycles. The van der Waals surface area contributed by atoms with Gasteiger partial charge in [0.15, 0.2) is 11.5 Å². The van der Waals surface area contributed by atoms with Crippen LogP contribution in [0.2, 0.25) is 0 Å². The number of pyridine rings is 1. The highest BCUT2D eigenvalue weighted by Crippen LogP contribution is 2.39. The van der Waals surface area contributed by atoms with Crippen LogP contribution in [-0.4, -0.2) is 71.3 Å². The van der Waals surface area contributed by atoms with Gasteiger partial charge in [-0.3, -0.25) is 14.9 Å². The normalized spacial score (nSPS) is 15.7. The first-order valence-electron chi connectivity index (χ1n) is 11.2. The first kappa shape index (κ1) is 22.6. The molecular weight excluding hydrogens is 456 g/mol. The molecule has 1 aliphatic heterocycles. The fraction of sp³-hybridized carbons (Fsp3) is 0.391. The van der Waals surface area contributed by atoms with Gasteiger partial charge in [0, 0.05) is 49.9 Å². The molecule has 2 aromatic heterocycles. The molecule has 5 rings (SSSR count). The maximum absolute atomic E-state index is 13.2. The van der Waals surface area contributed by atoms with Gasteiger partial charge in [-0.15, -0.1) is 0 Å². The Labute approximate surface area is 200 Å². The molecule has 1 amide bonds. The molecule has 12 nitrogen and oxygen atoms in total. The highest BCUT2D eigenvalue weighted by atomic mass is 16.6. The summed E-state index contributed by atoms with van der Waals surface area (Å²) >= 11 is 0. The van der Waals surface area contributed by atoms with Gasteiger partial charge >= 0.3 is 0 Å². The van der Waals surface area contributed by atoms with Crippen LogP contribution >= 0.6 is 0 Å². The molecule has 1 saturated carbocycles. The SMILES string of the molecule is COc1cc(C(=O)N2CCN(c3ccc(-c4noc(C5CC5)n4)cn3)CC2)c([N+](=O)[O-])cc1OC. The molecule has 0 radical (unpaired) electrons. The lowest BCUT2D eigenvalue weighted by Crippen LogP contribution is -2.49. The molecule has 3 heterocycles. The summed E-state index contributed by atoms with van der Waals surface area (Å²) in [4.78, 5) is 36.8. The van der Waals surface area contributed by atoms with Gasteiger partial charge in [0.2, 0.25) is 11.7 Å². The molecule has 0 atom stereocenters. The molecule has 0 bridgehead atoms. The van der Waals surface area contributed by atoms with Crippen LogP contribution in [0.15, 0.2) is 35.0 Å². The quantitative estimate of drug-likeness (QED) is 0.366. The topological polar surface area (TPSA) is 137 Å². The average molecular weight is 480 g/mol. The second-order valence-electron chi connectivity index (χ2n) is 8.40. The summed E-state index contributed by atoms with van der Waals surface area (Å²) in [6.07, 6.45) is 3.89. The number of nitrogens with zero attached hydrogens (tertiary/aromatic N) is 6. The third-order valence-electron chi connectivity index (χ3n) is 6.19. The van der Waals surface area contributed by atoms with Crippen molar-refractivity contribution >= 4 is 17.4 Å². The second-order valence-corrected chi connectivity index (χ2v) is 8.40. The van der Waals surface area contributed by atoms with E-state index in [0.717, 1.165) is 24.2 Å². The lowest BCUT2D eigenvalue weighted by atomic mass is 10.1. The van der Waals surface area contributed by atoms with Crippen molar-refractivity contribution in [1.82, 2.24) is 20.0 Å². The van der Waals surface area contributed by atoms with Gasteiger partial charge in [-0.2, -0.15) is 4.98 Å². The van der Waals surface area contributed by atoms with E-state index in [0.29, 0.717) is 43.8 Å². The van der Waals surface area contributed by atoms with Crippen molar-refractivity contribution in [3.63, 3.8) is 0 Å². The van der Waals surface area contributed by atoms with Gasteiger partial charge in [-0.05, 0) is 25.0 Å². The summed E-state index contributed by atoms with van der Waals surface area (Å²) in [6, 6.07) is 6.36. The van der Waals surface area contributed by atoms with Crippen molar-refractivity contribution in [3.8, 4) is 22.9 Å². The number of hydrogen-bond acceptors (Lipinski definition) is 10. The predicted molar refractivity (Wildman–Crippen MR) is 124 cm³/mol. The summed E-state index contributed by atoms with van der Waals surface area (Å²) in [5.41, 5.74) is 0.423. The molecule has 12 heteroatoms. The molecule has 1 aromatic carbocycles. The minimum absolute atomic E-state index is 0.0331. The van der Waals surface area contributed by atoms with E-state index in [1.807, 2.05) is 12.1 Å². The van der Waals surface area contributed by atoms with Gasteiger partial charge < -0.3 is 23.8 Å². The number of benzene rings is 1. The Bertz CT molecular complexity index is 1250. The Kier molecular flexibility index (Phi) is 5.93. The van der Waals surface area contributed by atoms with Crippen LogP contribution in [0.25, 0.3) is 11.4 Å². The standard InChI is InChI=1S/C23H24N6O6/c1-33-18-11-16(17(29(31)32)12-19(18)34-2)23(30)28-9-7-27(8-10-28)20-6-5-15(13-24-20)21-25-22(35-26-21)14-3-4-14/h5-6,11-14H,3-4,7-10H2,1-2H3. The summed E-state index contributed by atoms with van der Waals surface area (Å²) in [6.45, 7) is 1.85. The molecule has 35 heavy (non-hydrogen) atoms. The van der Waals surface area contributed by atoms with Crippen molar-refractivity contribution in [3.05, 3.63) is 52.0 Å². The van der Waals surface area contributed by atoms with Crippen molar-refractivity contribution in [2.45, 2.75) is 18.8 Å². The van der Waals surface area contributed by atoms with Crippen LogP contribution in [0.4, 0.5) is 11.5 Å². The molecule has 2 aliphatic rings. The molecule has 0 N–H and O–H groups in total. The summed E-state index contributed by atoms with van der Waals surface area (Å²) in [7, 11) is 2.80. The minimum atomic E-state index is -0.589. The van der Waals surface area contributed by atoms with E-state index in [4.69, 9.17) is 14.0 Å². The number of rotatable bonds is 7. The van der Waals surface area contributed by atoms with Crippen LogP contribution in [0.5, 0.6) is 11.5 Å². The first-order chi connectivity index (χ1) is 17.0. The Morgan fingerprint density at radius 1 is 1.11 bits per heavy atom. The van der Waals surface area contributed by atoms with E-state index in [-0.39, 0.29) is 22.7 Å². The van der Waals surface area contributed by atoms with E-state index in [9.17, 15) is 14.9 Å². The molecular formula is C23H24N6O6. The molecule has 3 aromatic rings. The second kappa shape index (κ2) is 9.20. The average Bonchev–Trinajstić information content (AvgIpc) is 3.63. The Hall–Kier alpha value is -4.22. The number of carbonyl (C=O) groups excluding carboxylic acids is 1. The summed E-state index contributed by atoms with van der Waals surface area (Å²) in [5.74, 6) is 2.39. The molecule has 1 saturated heterocycles. The molecule has 0 unspecified atom stereocenters. The largest absolute Gasteiger partial charge is 0.493 e. The summed E-state index contributed by atoms with van der Waals surface area (Å²) < 4.78 is 15.7. The van der Waals surface area contributed by atoms with Crippen molar-refractivity contribution in [2.24, 2.45) is 0 Å². The van der Waals surface area contributed by atoms with Gasteiger partial charge in [-0.1, -0.05) is 5.16 Å². The highest BCUT2D eigenvalue weighted by molar-refractivity contribution is 5.99. The van der Waals surface area contributed by atoms with Gasteiger partial charge in [0.1, 0.15) is 11.4 Å². The molecule has 0 spiro atoms. The summed E-state index contributed by atoms with van der Waals surface area (Å²) in [5, 5.41) is 15.6. The third kappa shape index (κ3) is 4.46. The number of ether oxygens (including phenoxy) is 2. The van der Waals surface area contributed by atoms with E-state index in [1.54, 1.807) is 11.1 Å². The van der Waals surface area contributed by atoms with Crippen LogP contribution in [0.3, 0.4) is 0 Å². The number of methoxy groups -OCH3 is 2. The van der Waals surface area contributed by atoms with E-state index in [1.165, 1.54) is 26.4 Å². The number of anilines is 1. The van der Waals surface area contributed by atoms with Crippen molar-refractivity contribution in [1.29, 1.82) is 0 Å². The number of piperazine rings is 1. The van der Waals surface area contributed by atoms with E-state index >= 15 is 0 Å². The van der Waals surface area contributed by atoms with Crippen LogP contribution in [-0.2, 0) is 0 Å². The van der Waals surface area contributed by atoms with E-state index < -0.39 is 10.8 Å². The predicted octanol–water partition coefficient (Wildman–Crippen LogP) is 2.90. The Balaban J connectivity index is 1.26. The fourth-order valence-corrected chi connectivity index (χ4v) is 4.05. The zero-order valence-electron chi connectivity index (χ0n) is 19.3. The maximum atomic E-state index is 13.2. The number of hydrogen-bond donors (Lipinski definition) is 0. The van der Waals surface area contributed by atoms with Crippen LogP contribution in [0, 0.1) is 10.1 Å². The van der Waals surface area contributed by atoms with Crippen molar-refractivity contribution in [2.75, 3.05) is 45.3 Å². The number of nitro groups is 1. The monoisotopic (exact) mass is 480 g/mol. The lowest BCUT2D eigenvalue weighted by Gasteiger charge is -2.35. The number of nitro benzene ring substituents is 1. The molecule has 2 fully saturated rings. The maximum Gasteiger partial charge on any atom is 0.286 e. The number of aromatic nitrogens is 3. The van der Waals surface area contributed by atoms with Gasteiger partial charge in [0.25, 0.3) is 11.6 Å². The lowest BCUT2D eigenvalue weighted by molar-refractivity contribution is -0.385. The number of carbonyl (C=O) groups is 1. The zero-order chi connectivity index (χ0) is 24.5. The molecule has 182 valence electrons. The Morgan fingerprint density at radius 3 is 2.43 bits per heavy atom. The number of amides is 1. The van der Waals surface area contributed by atoms with Crippen LogP contribution < -0.4 is 14.4 Å². The van der Waals surface area contributed by atoms with Crippen LogP contribution in [0.1, 0.15) is 35.0 Å². The first-order valence-corrected chi connectivity index (χ1v) is 11.2. The zero-order valence-corrected chi connectivity index (χ0v) is 19.3. The van der Waals surface area contributed by atoms with Gasteiger partial charge in [-0.25, -0.2) is 4.98 Å². The fourth-order valence-electron chi connectivity index (χ4n) is 4.05. The van der Waals surface area contributed by atoms with Crippen molar-refractivity contribution < 1.29 is 23.7 Å².